The van der Waals surface area contributed by atoms with Gasteiger partial charge in [-0.2, -0.15) is 0 Å². The number of benzene rings is 1. The number of hydrogen-bond acceptors (Lipinski definition) is 4. The monoisotopic (exact) mass is 301 g/mol. The first kappa shape index (κ1) is 13.6. The molecule has 0 aliphatic carbocycles. The molecule has 0 amide bonds. The molecule has 0 fully saturated rings. The third kappa shape index (κ3) is 2.97. The zero-order chi connectivity index (χ0) is 14.0. The van der Waals surface area contributed by atoms with Gasteiger partial charge in [0, 0.05) is 12.1 Å². The van der Waals surface area contributed by atoms with Crippen molar-refractivity contribution < 1.29 is 14.6 Å². The Kier molecular flexibility index (Phi) is 3.92. The van der Waals surface area contributed by atoms with Crippen LogP contribution >= 0.6 is 23.2 Å². The second kappa shape index (κ2) is 5.46. The lowest BCUT2D eigenvalue weighted by molar-refractivity contribution is 0.0687. The number of carboxylic acids is 1. The maximum absolute atomic E-state index is 10.9. The molecule has 0 radical (unpaired) electrons. The Balaban J connectivity index is 2.19. The molecule has 0 aliphatic heterocycles. The first-order valence-corrected chi connectivity index (χ1v) is 5.94. The molecule has 0 unspecified atom stereocenters. The fourth-order valence-corrected chi connectivity index (χ4v) is 1.91. The number of aromatic carboxylic acids is 1. The molecule has 0 aliphatic rings. The number of aromatic nitrogens is 3. The maximum Gasteiger partial charge on any atom is 0.358 e. The van der Waals surface area contributed by atoms with E-state index >= 15 is 0 Å². The normalized spacial score (nSPS) is 10.5. The number of nitrogens with zero attached hydrogens (tertiary/aromatic N) is 3. The highest BCUT2D eigenvalue weighted by Crippen LogP contribution is 2.28. The minimum absolute atomic E-state index is 0.00745. The predicted molar refractivity (Wildman–Crippen MR) is 68.8 cm³/mol. The molecule has 0 atom stereocenters. The third-order valence-electron chi connectivity index (χ3n) is 2.40. The van der Waals surface area contributed by atoms with Crippen LogP contribution in [-0.4, -0.2) is 26.1 Å². The third-order valence-corrected chi connectivity index (χ3v) is 2.93. The van der Waals surface area contributed by atoms with Crippen LogP contribution in [0.3, 0.4) is 0 Å². The molecule has 1 aromatic carbocycles. The van der Waals surface area contributed by atoms with Crippen molar-refractivity contribution >= 4 is 29.2 Å². The van der Waals surface area contributed by atoms with Crippen LogP contribution in [0.2, 0.25) is 10.0 Å². The smallest absolute Gasteiger partial charge is 0.358 e. The molecule has 100 valence electrons. The molecule has 2 rings (SSSR count). The van der Waals surface area contributed by atoms with Crippen molar-refractivity contribution in [2.75, 3.05) is 0 Å². The van der Waals surface area contributed by atoms with Crippen molar-refractivity contribution in [3.8, 4) is 5.75 Å². The molecule has 19 heavy (non-hydrogen) atoms. The fourth-order valence-electron chi connectivity index (χ4n) is 1.44. The van der Waals surface area contributed by atoms with E-state index in [-0.39, 0.29) is 12.3 Å². The van der Waals surface area contributed by atoms with Crippen LogP contribution in [-0.2, 0) is 13.7 Å². The molecule has 6 nitrogen and oxygen atoms in total. The van der Waals surface area contributed by atoms with Gasteiger partial charge in [0.2, 0.25) is 0 Å². The molecule has 1 heterocycles. The Morgan fingerprint density at radius 2 is 2.21 bits per heavy atom. The summed E-state index contributed by atoms with van der Waals surface area (Å²) in [5.74, 6) is -0.752. The van der Waals surface area contributed by atoms with Gasteiger partial charge in [-0.1, -0.05) is 28.4 Å². The Labute approximate surface area is 118 Å². The predicted octanol–water partition coefficient (Wildman–Crippen LogP) is 2.40. The second-order valence-corrected chi connectivity index (χ2v) is 4.52. The van der Waals surface area contributed by atoms with Crippen LogP contribution in [0, 0.1) is 0 Å². The lowest BCUT2D eigenvalue weighted by Crippen LogP contribution is -2.09. The summed E-state index contributed by atoms with van der Waals surface area (Å²) in [7, 11) is 1.58. The summed E-state index contributed by atoms with van der Waals surface area (Å²) in [5, 5.41) is 17.0. The zero-order valence-electron chi connectivity index (χ0n) is 9.80. The number of ether oxygens (including phenoxy) is 1. The van der Waals surface area contributed by atoms with Crippen molar-refractivity contribution in [3.05, 3.63) is 39.6 Å². The van der Waals surface area contributed by atoms with Crippen molar-refractivity contribution in [2.24, 2.45) is 7.05 Å². The summed E-state index contributed by atoms with van der Waals surface area (Å²) in [4.78, 5) is 10.9. The lowest BCUT2D eigenvalue weighted by Gasteiger charge is -2.08. The quantitative estimate of drug-likeness (QED) is 0.938. The van der Waals surface area contributed by atoms with Gasteiger partial charge in [-0.05, 0) is 18.2 Å². The molecule has 1 aromatic heterocycles. The summed E-state index contributed by atoms with van der Waals surface area (Å²) in [5.41, 5.74) is 0.200. The highest BCUT2D eigenvalue weighted by atomic mass is 35.5. The first-order valence-electron chi connectivity index (χ1n) is 5.18. The molecule has 0 bridgehead atoms. The first-order chi connectivity index (χ1) is 8.99. The van der Waals surface area contributed by atoms with Crippen LogP contribution in [0.4, 0.5) is 0 Å². The van der Waals surface area contributed by atoms with Crippen molar-refractivity contribution in [2.45, 2.75) is 6.61 Å². The van der Waals surface area contributed by atoms with Gasteiger partial charge in [-0.25, -0.2) is 9.48 Å². The maximum atomic E-state index is 10.9. The number of carboxylic acid groups (broad SMARTS) is 1. The standard InChI is InChI=1S/C11H9Cl2N3O3/c1-16-8(10(11(17)18)14-15-16)5-19-9-3-2-6(12)4-7(9)13/h2-4H,5H2,1H3,(H,17,18). The van der Waals surface area contributed by atoms with E-state index in [0.29, 0.717) is 21.5 Å². The molecular formula is C11H9Cl2N3O3. The highest BCUT2D eigenvalue weighted by Gasteiger charge is 2.18. The topological polar surface area (TPSA) is 77.2 Å². The van der Waals surface area contributed by atoms with E-state index in [2.05, 4.69) is 10.3 Å². The molecule has 1 N–H and O–H groups in total. The van der Waals surface area contributed by atoms with E-state index < -0.39 is 5.97 Å². The molecule has 0 spiro atoms. The van der Waals surface area contributed by atoms with Crippen molar-refractivity contribution in [3.63, 3.8) is 0 Å². The van der Waals surface area contributed by atoms with Crippen LogP contribution < -0.4 is 4.74 Å². The summed E-state index contributed by atoms with van der Waals surface area (Å²) in [6, 6.07) is 4.77. The fraction of sp³-hybridized carbons (Fsp3) is 0.182. The van der Waals surface area contributed by atoms with Gasteiger partial charge in [-0.15, -0.1) is 5.10 Å². The molecule has 2 aromatic rings. The number of hydrogen-bond donors (Lipinski definition) is 1. The minimum atomic E-state index is -1.16. The van der Waals surface area contributed by atoms with E-state index in [4.69, 9.17) is 33.0 Å². The van der Waals surface area contributed by atoms with Gasteiger partial charge >= 0.3 is 5.97 Å². The molecule has 8 heteroatoms. The van der Waals surface area contributed by atoms with Gasteiger partial charge < -0.3 is 9.84 Å². The average Bonchev–Trinajstić information content (AvgIpc) is 2.70. The largest absolute Gasteiger partial charge is 0.486 e. The van der Waals surface area contributed by atoms with Crippen LogP contribution in [0.25, 0.3) is 0 Å². The summed E-state index contributed by atoms with van der Waals surface area (Å²) in [6.07, 6.45) is 0. The number of carbonyl (C=O) groups is 1. The molecule has 0 saturated heterocycles. The van der Waals surface area contributed by atoms with E-state index in [1.54, 1.807) is 19.2 Å². The van der Waals surface area contributed by atoms with Gasteiger partial charge in [0.05, 0.1) is 5.02 Å². The van der Waals surface area contributed by atoms with E-state index in [9.17, 15) is 4.79 Å². The van der Waals surface area contributed by atoms with Gasteiger partial charge in [-0.3, -0.25) is 0 Å². The Hall–Kier alpha value is -1.79. The number of halogens is 2. The average molecular weight is 302 g/mol. The lowest BCUT2D eigenvalue weighted by atomic mass is 10.3. The highest BCUT2D eigenvalue weighted by molar-refractivity contribution is 6.35. The minimum Gasteiger partial charge on any atom is -0.486 e. The zero-order valence-corrected chi connectivity index (χ0v) is 11.3. The van der Waals surface area contributed by atoms with E-state index in [1.807, 2.05) is 0 Å². The second-order valence-electron chi connectivity index (χ2n) is 3.68. The van der Waals surface area contributed by atoms with Crippen molar-refractivity contribution in [1.82, 2.24) is 15.0 Å². The van der Waals surface area contributed by atoms with Crippen LogP contribution in [0.15, 0.2) is 18.2 Å². The Bertz CT molecular complexity index is 628. The summed E-state index contributed by atoms with van der Waals surface area (Å²) >= 11 is 11.7. The SMILES string of the molecule is Cn1nnc(C(=O)O)c1COc1ccc(Cl)cc1Cl. The number of aryl methyl sites for hydroxylation is 1. The van der Waals surface area contributed by atoms with E-state index in [1.165, 1.54) is 10.7 Å². The Morgan fingerprint density at radius 3 is 2.84 bits per heavy atom. The van der Waals surface area contributed by atoms with Gasteiger partial charge in [0.1, 0.15) is 18.1 Å². The van der Waals surface area contributed by atoms with E-state index in [0.717, 1.165) is 0 Å². The van der Waals surface area contributed by atoms with Gasteiger partial charge in [0.15, 0.2) is 5.69 Å². The van der Waals surface area contributed by atoms with Crippen LogP contribution in [0.1, 0.15) is 16.2 Å². The molecular weight excluding hydrogens is 293 g/mol. The number of rotatable bonds is 4. The Morgan fingerprint density at radius 1 is 1.47 bits per heavy atom. The summed E-state index contributed by atoms with van der Waals surface area (Å²) < 4.78 is 6.79. The van der Waals surface area contributed by atoms with Crippen molar-refractivity contribution in [1.29, 1.82) is 0 Å². The van der Waals surface area contributed by atoms with Gasteiger partial charge in [0.25, 0.3) is 0 Å². The van der Waals surface area contributed by atoms with Crippen LogP contribution in [0.5, 0.6) is 5.75 Å². The molecule has 0 saturated carbocycles. The summed E-state index contributed by atoms with van der Waals surface area (Å²) in [6.45, 7) is -0.00745.